The van der Waals surface area contributed by atoms with Gasteiger partial charge in [-0.15, -0.1) is 0 Å². The molecule has 1 heterocycles. The minimum atomic E-state index is -4.33. The van der Waals surface area contributed by atoms with E-state index in [1.807, 2.05) is 0 Å². The van der Waals surface area contributed by atoms with Crippen molar-refractivity contribution in [2.45, 2.75) is 39.3 Å². The summed E-state index contributed by atoms with van der Waals surface area (Å²) in [5.41, 5.74) is -0.495. The van der Waals surface area contributed by atoms with Gasteiger partial charge in [0, 0.05) is 5.56 Å². The number of amides is 1. The lowest BCUT2D eigenvalue weighted by atomic mass is 10.1. The second-order valence-electron chi connectivity index (χ2n) is 7.96. The van der Waals surface area contributed by atoms with Gasteiger partial charge >= 0.3 is 12.3 Å². The van der Waals surface area contributed by atoms with Crippen LogP contribution in [0.3, 0.4) is 0 Å². The highest BCUT2D eigenvalue weighted by Gasteiger charge is 2.41. The molecule has 0 fully saturated rings. The lowest BCUT2D eigenvalue weighted by Crippen LogP contribution is -2.32. The standard InChI is InChI=1S/C23H18F9N3O2/c1-10-20(11(2)35(34-10)7-14-15(24)17(26)19(28)18(27)16(14)25)33-21(36)13-5-3-4-12(6-13)8-37-9-23(31,32)22(29)30/h3-6,22H,7-9H2,1-2H3,(H,33,36). The number of aryl methyl sites for hydroxylation is 1. The number of rotatable bonds is 9. The molecule has 0 saturated heterocycles. The smallest absolute Gasteiger partial charge is 0.330 e. The fourth-order valence-corrected chi connectivity index (χ4v) is 3.33. The van der Waals surface area contributed by atoms with Gasteiger partial charge in [-0.25, -0.2) is 30.7 Å². The number of anilines is 1. The first-order valence-electron chi connectivity index (χ1n) is 10.4. The summed E-state index contributed by atoms with van der Waals surface area (Å²) in [7, 11) is 0. The van der Waals surface area contributed by atoms with E-state index in [9.17, 15) is 44.3 Å². The summed E-state index contributed by atoms with van der Waals surface area (Å²) in [6.45, 7) is -0.0341. The van der Waals surface area contributed by atoms with Crippen LogP contribution in [0.4, 0.5) is 45.2 Å². The number of benzene rings is 2. The third-order valence-electron chi connectivity index (χ3n) is 5.30. The normalized spacial score (nSPS) is 11.9. The molecule has 1 amide bonds. The molecule has 5 nitrogen and oxygen atoms in total. The van der Waals surface area contributed by atoms with Crippen LogP contribution in [-0.2, 0) is 17.9 Å². The Balaban J connectivity index is 1.77. The minimum absolute atomic E-state index is 0.0213. The molecule has 3 aromatic rings. The second kappa shape index (κ2) is 10.8. The molecule has 1 N–H and O–H groups in total. The molecular formula is C23H18F9N3O2. The number of nitrogens with zero attached hydrogens (tertiary/aromatic N) is 2. The largest absolute Gasteiger partial charge is 0.370 e. The second-order valence-corrected chi connectivity index (χ2v) is 7.96. The van der Waals surface area contributed by atoms with Gasteiger partial charge in [0.15, 0.2) is 23.3 Å². The van der Waals surface area contributed by atoms with Crippen LogP contribution in [0.5, 0.6) is 0 Å². The van der Waals surface area contributed by atoms with Crippen molar-refractivity contribution in [2.75, 3.05) is 11.9 Å². The van der Waals surface area contributed by atoms with Gasteiger partial charge in [0.1, 0.15) is 6.61 Å². The summed E-state index contributed by atoms with van der Waals surface area (Å²) in [5.74, 6) is -15.6. The van der Waals surface area contributed by atoms with E-state index in [1.165, 1.54) is 38.1 Å². The average molecular weight is 539 g/mol. The summed E-state index contributed by atoms with van der Waals surface area (Å²) >= 11 is 0. The molecule has 2 aromatic carbocycles. The third-order valence-corrected chi connectivity index (χ3v) is 5.30. The van der Waals surface area contributed by atoms with E-state index in [-0.39, 0.29) is 28.2 Å². The number of ether oxygens (including phenoxy) is 1. The minimum Gasteiger partial charge on any atom is -0.370 e. The monoisotopic (exact) mass is 539 g/mol. The Morgan fingerprint density at radius 3 is 2.22 bits per heavy atom. The quantitative estimate of drug-likeness (QED) is 0.209. The molecule has 3 rings (SSSR count). The van der Waals surface area contributed by atoms with E-state index >= 15 is 0 Å². The van der Waals surface area contributed by atoms with E-state index < -0.39 is 72.7 Å². The van der Waals surface area contributed by atoms with E-state index in [0.29, 0.717) is 0 Å². The van der Waals surface area contributed by atoms with Crippen molar-refractivity contribution in [3.63, 3.8) is 0 Å². The summed E-state index contributed by atoms with van der Waals surface area (Å²) in [4.78, 5) is 12.7. The number of nitrogens with one attached hydrogen (secondary N) is 1. The van der Waals surface area contributed by atoms with Crippen LogP contribution in [0.15, 0.2) is 24.3 Å². The Labute approximate surface area is 203 Å². The maximum atomic E-state index is 14.1. The number of alkyl halides is 4. The number of carbonyl (C=O) groups excluding carboxylic acids is 1. The number of hydrogen-bond acceptors (Lipinski definition) is 3. The summed E-state index contributed by atoms with van der Waals surface area (Å²) in [6.07, 6.45) is -3.90. The first-order chi connectivity index (χ1) is 17.2. The van der Waals surface area contributed by atoms with Crippen LogP contribution in [0.1, 0.15) is 32.9 Å². The first-order valence-corrected chi connectivity index (χ1v) is 10.4. The average Bonchev–Trinajstić information content (AvgIpc) is 3.11. The van der Waals surface area contributed by atoms with Gasteiger partial charge in [0.25, 0.3) is 5.91 Å². The van der Waals surface area contributed by atoms with E-state index in [2.05, 4.69) is 15.2 Å². The molecular weight excluding hydrogens is 521 g/mol. The molecule has 0 aliphatic heterocycles. The summed E-state index contributed by atoms with van der Waals surface area (Å²) in [6, 6.07) is 5.43. The molecule has 0 radical (unpaired) electrons. The Hall–Kier alpha value is -3.55. The van der Waals surface area contributed by atoms with Crippen LogP contribution < -0.4 is 5.32 Å². The zero-order valence-corrected chi connectivity index (χ0v) is 19.1. The van der Waals surface area contributed by atoms with E-state index in [0.717, 1.165) is 4.68 Å². The maximum absolute atomic E-state index is 14.1. The van der Waals surface area contributed by atoms with Gasteiger partial charge in [-0.3, -0.25) is 9.48 Å². The molecule has 0 spiro atoms. The highest BCUT2D eigenvalue weighted by Crippen LogP contribution is 2.27. The zero-order chi connectivity index (χ0) is 27.7. The maximum Gasteiger partial charge on any atom is 0.330 e. The van der Waals surface area contributed by atoms with Crippen molar-refractivity contribution < 1.29 is 49.0 Å². The molecule has 14 heteroatoms. The third kappa shape index (κ3) is 5.89. The van der Waals surface area contributed by atoms with Crippen LogP contribution >= 0.6 is 0 Å². The first kappa shape index (κ1) is 28.0. The zero-order valence-electron chi connectivity index (χ0n) is 19.1. The lowest BCUT2D eigenvalue weighted by molar-refractivity contribution is -0.168. The van der Waals surface area contributed by atoms with Crippen LogP contribution in [-0.4, -0.2) is 34.6 Å². The van der Waals surface area contributed by atoms with Gasteiger partial charge in [-0.1, -0.05) is 12.1 Å². The molecule has 200 valence electrons. The Bertz CT molecular complexity index is 1300. The topological polar surface area (TPSA) is 56.2 Å². The highest BCUT2D eigenvalue weighted by atomic mass is 19.3. The molecule has 1 aromatic heterocycles. The predicted molar refractivity (Wildman–Crippen MR) is 112 cm³/mol. The van der Waals surface area contributed by atoms with Gasteiger partial charge in [0.05, 0.1) is 35.8 Å². The number of aromatic nitrogens is 2. The Kier molecular flexibility index (Phi) is 8.20. The predicted octanol–water partition coefficient (Wildman–Crippen LogP) is 5.91. The lowest BCUT2D eigenvalue weighted by Gasteiger charge is -2.15. The Morgan fingerprint density at radius 2 is 1.62 bits per heavy atom. The van der Waals surface area contributed by atoms with Crippen molar-refractivity contribution in [2.24, 2.45) is 0 Å². The van der Waals surface area contributed by atoms with Gasteiger partial charge < -0.3 is 10.1 Å². The van der Waals surface area contributed by atoms with E-state index in [4.69, 9.17) is 0 Å². The van der Waals surface area contributed by atoms with Crippen molar-refractivity contribution >= 4 is 11.6 Å². The number of carbonyl (C=O) groups is 1. The molecule has 0 saturated carbocycles. The fourth-order valence-electron chi connectivity index (χ4n) is 3.33. The van der Waals surface area contributed by atoms with Crippen molar-refractivity contribution in [3.8, 4) is 0 Å². The molecule has 0 aliphatic rings. The highest BCUT2D eigenvalue weighted by molar-refractivity contribution is 6.05. The van der Waals surface area contributed by atoms with Gasteiger partial charge in [-0.05, 0) is 31.5 Å². The van der Waals surface area contributed by atoms with Crippen LogP contribution in [0.25, 0.3) is 0 Å². The number of halogens is 9. The Morgan fingerprint density at radius 1 is 1.03 bits per heavy atom. The molecule has 0 bridgehead atoms. The van der Waals surface area contributed by atoms with Gasteiger partial charge in [-0.2, -0.15) is 13.9 Å². The number of hydrogen-bond donors (Lipinski definition) is 1. The summed E-state index contributed by atoms with van der Waals surface area (Å²) in [5, 5.41) is 6.50. The fraction of sp³-hybridized carbons (Fsp3) is 0.304. The van der Waals surface area contributed by atoms with Crippen LogP contribution in [0.2, 0.25) is 0 Å². The molecule has 37 heavy (non-hydrogen) atoms. The van der Waals surface area contributed by atoms with Crippen molar-refractivity contribution in [1.29, 1.82) is 0 Å². The SMILES string of the molecule is Cc1nn(Cc2c(F)c(F)c(F)c(F)c2F)c(C)c1NC(=O)c1cccc(COCC(F)(F)C(F)F)c1. The van der Waals surface area contributed by atoms with Crippen LogP contribution in [0, 0.1) is 42.9 Å². The van der Waals surface area contributed by atoms with E-state index in [1.54, 1.807) is 0 Å². The molecule has 0 aliphatic carbocycles. The molecule has 0 unspecified atom stereocenters. The van der Waals surface area contributed by atoms with Gasteiger partial charge in [0.2, 0.25) is 5.82 Å². The van der Waals surface area contributed by atoms with Crippen molar-refractivity contribution in [1.82, 2.24) is 9.78 Å². The van der Waals surface area contributed by atoms with Crippen molar-refractivity contribution in [3.05, 3.63) is 81.4 Å². The summed E-state index contributed by atoms with van der Waals surface area (Å²) < 4.78 is 124. The molecule has 0 atom stereocenters.